The molecule has 1 aromatic heterocycles. The highest BCUT2D eigenvalue weighted by Crippen LogP contribution is 2.14. The van der Waals surface area contributed by atoms with Crippen molar-refractivity contribution in [1.29, 1.82) is 0 Å². The SMILES string of the molecule is CC[C@H](C)COC(=O)Nc1ccc2ccccc2n1.[HH]. The Labute approximate surface area is 114 Å². The largest absolute Gasteiger partial charge is 0.449 e. The molecule has 4 heteroatoms. The lowest BCUT2D eigenvalue weighted by Gasteiger charge is -2.10. The van der Waals surface area contributed by atoms with Gasteiger partial charge in [-0.05, 0) is 24.1 Å². The first-order chi connectivity index (χ1) is 9.19. The fourth-order valence-corrected chi connectivity index (χ4v) is 1.61. The van der Waals surface area contributed by atoms with Gasteiger partial charge in [-0.2, -0.15) is 0 Å². The number of hydrogen-bond acceptors (Lipinski definition) is 3. The van der Waals surface area contributed by atoms with E-state index in [2.05, 4.69) is 17.2 Å². The van der Waals surface area contributed by atoms with E-state index in [1.54, 1.807) is 6.07 Å². The number of nitrogens with one attached hydrogen (secondary N) is 1. The number of anilines is 1. The van der Waals surface area contributed by atoms with Crippen LogP contribution in [0.5, 0.6) is 0 Å². The summed E-state index contributed by atoms with van der Waals surface area (Å²) in [5.74, 6) is 0.878. The predicted octanol–water partition coefficient (Wildman–Crippen LogP) is 4.08. The molecule has 0 radical (unpaired) electrons. The summed E-state index contributed by atoms with van der Waals surface area (Å²) in [6.07, 6.45) is 0.532. The van der Waals surface area contributed by atoms with Crippen LogP contribution in [0.4, 0.5) is 10.6 Å². The van der Waals surface area contributed by atoms with E-state index >= 15 is 0 Å². The lowest BCUT2D eigenvalue weighted by atomic mass is 10.1. The normalized spacial score (nSPS) is 12.1. The number of amides is 1. The Morgan fingerprint density at radius 3 is 2.95 bits per heavy atom. The molecule has 2 aromatic rings. The summed E-state index contributed by atoms with van der Waals surface area (Å²) in [5.41, 5.74) is 0.849. The van der Waals surface area contributed by atoms with Crippen LogP contribution in [0, 0.1) is 5.92 Å². The Kier molecular flexibility index (Phi) is 4.34. The number of para-hydroxylation sites is 1. The van der Waals surface area contributed by atoms with E-state index in [1.165, 1.54) is 0 Å². The molecule has 2 rings (SSSR count). The second-order valence-corrected chi connectivity index (χ2v) is 4.63. The zero-order valence-electron chi connectivity index (χ0n) is 11.2. The van der Waals surface area contributed by atoms with Crippen LogP contribution >= 0.6 is 0 Å². The molecule has 19 heavy (non-hydrogen) atoms. The van der Waals surface area contributed by atoms with Gasteiger partial charge in [-0.1, -0.05) is 38.5 Å². The zero-order chi connectivity index (χ0) is 13.7. The summed E-state index contributed by atoms with van der Waals surface area (Å²) in [4.78, 5) is 15.9. The average Bonchev–Trinajstić information content (AvgIpc) is 2.44. The van der Waals surface area contributed by atoms with Crippen molar-refractivity contribution in [1.82, 2.24) is 4.98 Å². The maximum Gasteiger partial charge on any atom is 0.412 e. The summed E-state index contributed by atoms with van der Waals surface area (Å²) >= 11 is 0. The smallest absolute Gasteiger partial charge is 0.412 e. The third kappa shape index (κ3) is 3.68. The zero-order valence-corrected chi connectivity index (χ0v) is 11.2. The van der Waals surface area contributed by atoms with Crippen molar-refractivity contribution in [2.24, 2.45) is 5.92 Å². The van der Waals surface area contributed by atoms with E-state index in [1.807, 2.05) is 37.3 Å². The van der Waals surface area contributed by atoms with Gasteiger partial charge in [-0.15, -0.1) is 0 Å². The van der Waals surface area contributed by atoms with Crippen LogP contribution in [-0.4, -0.2) is 17.7 Å². The van der Waals surface area contributed by atoms with Gasteiger partial charge in [0, 0.05) is 6.81 Å². The number of fused-ring (bicyclic) bond motifs is 1. The second-order valence-electron chi connectivity index (χ2n) is 4.63. The average molecular weight is 260 g/mol. The Hall–Kier alpha value is -2.10. The molecule has 1 atom stereocenters. The molecule has 0 aliphatic heterocycles. The number of nitrogens with zero attached hydrogens (tertiary/aromatic N) is 1. The van der Waals surface area contributed by atoms with Crippen molar-refractivity contribution in [3.63, 3.8) is 0 Å². The van der Waals surface area contributed by atoms with Gasteiger partial charge in [0.25, 0.3) is 0 Å². The number of ether oxygens (including phenoxy) is 1. The molecule has 0 saturated heterocycles. The van der Waals surface area contributed by atoms with Gasteiger partial charge in [0.05, 0.1) is 12.1 Å². The van der Waals surface area contributed by atoms with Gasteiger partial charge in [-0.3, -0.25) is 5.32 Å². The first-order valence-electron chi connectivity index (χ1n) is 6.48. The van der Waals surface area contributed by atoms with Gasteiger partial charge >= 0.3 is 6.09 Å². The quantitative estimate of drug-likeness (QED) is 0.901. The highest BCUT2D eigenvalue weighted by Gasteiger charge is 2.07. The molecule has 0 aliphatic rings. The molecule has 1 amide bonds. The summed E-state index contributed by atoms with van der Waals surface area (Å²) in [6.45, 7) is 4.54. The highest BCUT2D eigenvalue weighted by molar-refractivity contribution is 5.86. The summed E-state index contributed by atoms with van der Waals surface area (Å²) < 4.78 is 5.12. The second kappa shape index (κ2) is 6.18. The Morgan fingerprint density at radius 2 is 2.16 bits per heavy atom. The predicted molar refractivity (Wildman–Crippen MR) is 78.3 cm³/mol. The number of carbonyl (C=O) groups is 1. The monoisotopic (exact) mass is 260 g/mol. The van der Waals surface area contributed by atoms with Crippen LogP contribution < -0.4 is 5.32 Å². The first-order valence-corrected chi connectivity index (χ1v) is 6.48. The molecule has 0 fully saturated rings. The van der Waals surface area contributed by atoms with Crippen molar-refractivity contribution in [2.75, 3.05) is 11.9 Å². The molecule has 4 nitrogen and oxygen atoms in total. The van der Waals surface area contributed by atoms with E-state index in [0.29, 0.717) is 18.3 Å². The number of pyridine rings is 1. The lowest BCUT2D eigenvalue weighted by molar-refractivity contribution is 0.143. The first kappa shape index (κ1) is 13.3. The maximum atomic E-state index is 11.6. The van der Waals surface area contributed by atoms with E-state index < -0.39 is 6.09 Å². The van der Waals surface area contributed by atoms with Gasteiger partial charge in [-0.25, -0.2) is 9.78 Å². The van der Waals surface area contributed by atoms with E-state index in [9.17, 15) is 4.79 Å². The van der Waals surface area contributed by atoms with Crippen molar-refractivity contribution in [2.45, 2.75) is 20.3 Å². The van der Waals surface area contributed by atoms with Crippen LogP contribution in [0.2, 0.25) is 0 Å². The van der Waals surface area contributed by atoms with Crippen LogP contribution in [0.3, 0.4) is 0 Å². The van der Waals surface area contributed by atoms with Gasteiger partial charge in [0.1, 0.15) is 5.82 Å². The molecule has 1 aromatic carbocycles. The number of carbonyl (C=O) groups excluding carboxylic acids is 1. The highest BCUT2D eigenvalue weighted by atomic mass is 16.5. The lowest BCUT2D eigenvalue weighted by Crippen LogP contribution is -2.17. The van der Waals surface area contributed by atoms with Gasteiger partial charge < -0.3 is 4.74 Å². The molecule has 1 heterocycles. The van der Waals surface area contributed by atoms with Crippen LogP contribution in [0.1, 0.15) is 21.7 Å². The maximum absolute atomic E-state index is 11.6. The number of benzene rings is 1. The Balaban J connectivity index is 0.00000200. The molecular formula is C15H20N2O2. The minimum Gasteiger partial charge on any atom is -0.449 e. The van der Waals surface area contributed by atoms with Crippen LogP contribution in [0.15, 0.2) is 36.4 Å². The van der Waals surface area contributed by atoms with Gasteiger partial charge in [0.15, 0.2) is 0 Å². The number of aromatic nitrogens is 1. The third-order valence-electron chi connectivity index (χ3n) is 3.02. The van der Waals surface area contributed by atoms with E-state index in [4.69, 9.17) is 4.74 Å². The fourth-order valence-electron chi connectivity index (χ4n) is 1.61. The number of hydrogen-bond donors (Lipinski definition) is 1. The van der Waals surface area contributed by atoms with E-state index in [-0.39, 0.29) is 1.43 Å². The van der Waals surface area contributed by atoms with Crippen LogP contribution in [0.25, 0.3) is 10.9 Å². The Bertz CT molecular complexity index is 575. The van der Waals surface area contributed by atoms with Crippen molar-refractivity contribution in [3.05, 3.63) is 36.4 Å². The molecular weight excluding hydrogens is 240 g/mol. The summed E-state index contributed by atoms with van der Waals surface area (Å²) in [6, 6.07) is 11.5. The minimum absolute atomic E-state index is 0. The molecule has 0 bridgehead atoms. The fraction of sp³-hybridized carbons (Fsp3) is 0.333. The van der Waals surface area contributed by atoms with Crippen molar-refractivity contribution < 1.29 is 11.0 Å². The van der Waals surface area contributed by atoms with Crippen LogP contribution in [-0.2, 0) is 4.74 Å². The molecule has 1 N–H and O–H groups in total. The number of rotatable bonds is 4. The van der Waals surface area contributed by atoms with Crippen molar-refractivity contribution in [3.8, 4) is 0 Å². The molecule has 0 saturated carbocycles. The minimum atomic E-state index is -0.455. The van der Waals surface area contributed by atoms with Gasteiger partial charge in [0.2, 0.25) is 0 Å². The third-order valence-corrected chi connectivity index (χ3v) is 3.02. The van der Waals surface area contributed by atoms with Crippen molar-refractivity contribution >= 4 is 22.8 Å². The summed E-state index contributed by atoms with van der Waals surface area (Å²) in [5, 5.41) is 3.68. The standard InChI is InChI=1S/C15H18N2O2.H2/c1-3-11(2)10-19-15(18)17-14-9-8-12-6-4-5-7-13(12)16-14;/h4-9,11H,3,10H2,1-2H3,(H,16,17,18);1H/t11-;/m0./s1. The topological polar surface area (TPSA) is 51.2 Å². The van der Waals surface area contributed by atoms with E-state index in [0.717, 1.165) is 17.3 Å². The molecule has 0 aliphatic carbocycles. The summed E-state index contributed by atoms with van der Waals surface area (Å²) in [7, 11) is 0. The molecule has 102 valence electrons. The molecule has 0 spiro atoms. The Morgan fingerprint density at radius 1 is 1.37 bits per heavy atom. The molecule has 0 unspecified atom stereocenters.